The van der Waals surface area contributed by atoms with Gasteiger partial charge in [-0.1, -0.05) is 43.0 Å². The third-order valence-electron chi connectivity index (χ3n) is 5.83. The van der Waals surface area contributed by atoms with Gasteiger partial charge in [0, 0.05) is 34.9 Å². The fraction of sp³-hybridized carbons (Fsp3) is 0.0741. The van der Waals surface area contributed by atoms with Gasteiger partial charge in [-0.2, -0.15) is 0 Å². The average Bonchev–Trinajstić information content (AvgIpc) is 3.51. The molecule has 0 amide bonds. The highest BCUT2D eigenvalue weighted by atomic mass is 19.1. The van der Waals surface area contributed by atoms with E-state index in [9.17, 15) is 13.9 Å². The van der Waals surface area contributed by atoms with Crippen molar-refractivity contribution in [1.82, 2.24) is 15.0 Å². The SMILES string of the molecule is C=Cc1c(Oc2ccc(F)c(-c3nc(C(C)(O)c4ccccc4)c[nH]3)c2)c(F)cc2[nH]ccc12. The van der Waals surface area contributed by atoms with Crippen molar-refractivity contribution in [3.8, 4) is 22.9 Å². The number of nitrogens with one attached hydrogen (secondary N) is 2. The van der Waals surface area contributed by atoms with Crippen LogP contribution in [0.25, 0.3) is 28.4 Å². The van der Waals surface area contributed by atoms with Crippen LogP contribution < -0.4 is 4.74 Å². The molecule has 5 rings (SSSR count). The number of fused-ring (bicyclic) bond motifs is 1. The first-order chi connectivity index (χ1) is 16.4. The Morgan fingerprint density at radius 1 is 1.03 bits per heavy atom. The molecule has 170 valence electrons. The van der Waals surface area contributed by atoms with E-state index >= 15 is 0 Å². The molecular weight excluding hydrogens is 436 g/mol. The maximum atomic E-state index is 14.8. The second kappa shape index (κ2) is 8.28. The third kappa shape index (κ3) is 3.66. The monoisotopic (exact) mass is 457 g/mol. The molecule has 34 heavy (non-hydrogen) atoms. The first-order valence-corrected chi connectivity index (χ1v) is 10.6. The smallest absolute Gasteiger partial charge is 0.170 e. The van der Waals surface area contributed by atoms with E-state index in [0.717, 1.165) is 5.39 Å². The van der Waals surface area contributed by atoms with Crippen molar-refractivity contribution in [3.05, 3.63) is 108 Å². The van der Waals surface area contributed by atoms with Gasteiger partial charge in [0.2, 0.25) is 0 Å². The number of ether oxygens (including phenoxy) is 1. The summed E-state index contributed by atoms with van der Waals surface area (Å²) in [7, 11) is 0. The summed E-state index contributed by atoms with van der Waals surface area (Å²) in [6, 6.07) is 16.3. The second-order valence-corrected chi connectivity index (χ2v) is 8.06. The number of rotatable bonds is 6. The van der Waals surface area contributed by atoms with Crippen LogP contribution in [0.2, 0.25) is 0 Å². The summed E-state index contributed by atoms with van der Waals surface area (Å²) in [5, 5.41) is 11.8. The van der Waals surface area contributed by atoms with Crippen molar-refractivity contribution in [2.45, 2.75) is 12.5 Å². The van der Waals surface area contributed by atoms with E-state index in [1.54, 1.807) is 31.3 Å². The van der Waals surface area contributed by atoms with Crippen molar-refractivity contribution < 1.29 is 18.6 Å². The highest BCUT2D eigenvalue weighted by molar-refractivity contribution is 5.91. The Balaban J connectivity index is 1.51. The van der Waals surface area contributed by atoms with Crippen LogP contribution in [0.15, 0.2) is 79.6 Å². The zero-order valence-electron chi connectivity index (χ0n) is 18.3. The van der Waals surface area contributed by atoms with Gasteiger partial charge >= 0.3 is 0 Å². The standard InChI is InChI=1S/C27H21F2N3O2/c1-3-18-19-11-12-30-23(19)14-22(29)25(18)34-17-9-10-21(28)20(13-17)26-31-15-24(32-26)27(2,33)16-7-5-4-6-8-16/h3-15,30,33H,1H2,2H3,(H,31,32). The minimum Gasteiger partial charge on any atom is -0.454 e. The van der Waals surface area contributed by atoms with E-state index in [1.165, 1.54) is 36.5 Å². The molecule has 0 bridgehead atoms. The molecular formula is C27H21F2N3O2. The first-order valence-electron chi connectivity index (χ1n) is 10.6. The number of H-pyrrole nitrogens is 2. The minimum absolute atomic E-state index is 0.00759. The van der Waals surface area contributed by atoms with Gasteiger partial charge in [0.05, 0.1) is 11.3 Å². The van der Waals surface area contributed by atoms with Crippen LogP contribution in [-0.4, -0.2) is 20.1 Å². The number of aromatic amines is 2. The fourth-order valence-electron chi connectivity index (χ4n) is 3.97. The minimum atomic E-state index is -1.38. The van der Waals surface area contributed by atoms with Crippen LogP contribution in [-0.2, 0) is 5.60 Å². The molecule has 0 saturated heterocycles. The molecule has 1 atom stereocenters. The topological polar surface area (TPSA) is 73.9 Å². The number of benzene rings is 3. The molecule has 0 radical (unpaired) electrons. The Morgan fingerprint density at radius 3 is 2.59 bits per heavy atom. The molecule has 2 aromatic heterocycles. The molecule has 1 unspecified atom stereocenters. The second-order valence-electron chi connectivity index (χ2n) is 8.06. The lowest BCUT2D eigenvalue weighted by Crippen LogP contribution is -2.23. The zero-order valence-corrected chi connectivity index (χ0v) is 18.3. The predicted octanol–water partition coefficient (Wildman–Crippen LogP) is 6.53. The van der Waals surface area contributed by atoms with E-state index in [4.69, 9.17) is 4.74 Å². The molecule has 7 heteroatoms. The van der Waals surface area contributed by atoms with Crippen LogP contribution in [0.4, 0.5) is 8.78 Å². The molecule has 0 aliphatic rings. The van der Waals surface area contributed by atoms with E-state index in [2.05, 4.69) is 21.5 Å². The highest BCUT2D eigenvalue weighted by Gasteiger charge is 2.29. The summed E-state index contributed by atoms with van der Waals surface area (Å²) in [5.41, 5.74) is 0.829. The van der Waals surface area contributed by atoms with Gasteiger partial charge < -0.3 is 19.8 Å². The molecule has 5 nitrogen and oxygen atoms in total. The molecule has 0 saturated carbocycles. The Kier molecular flexibility index (Phi) is 5.26. The first kappa shape index (κ1) is 21.6. The molecule has 5 aromatic rings. The maximum absolute atomic E-state index is 14.8. The van der Waals surface area contributed by atoms with Crippen LogP contribution in [0, 0.1) is 11.6 Å². The predicted molar refractivity (Wildman–Crippen MR) is 128 cm³/mol. The van der Waals surface area contributed by atoms with Gasteiger partial charge in [0.25, 0.3) is 0 Å². The number of hydrogen-bond donors (Lipinski definition) is 3. The van der Waals surface area contributed by atoms with Crippen molar-refractivity contribution in [2.24, 2.45) is 0 Å². The van der Waals surface area contributed by atoms with E-state index in [0.29, 0.717) is 22.3 Å². The number of aromatic nitrogens is 3. The molecule has 0 aliphatic carbocycles. The van der Waals surface area contributed by atoms with Crippen molar-refractivity contribution in [3.63, 3.8) is 0 Å². The summed E-state index contributed by atoms with van der Waals surface area (Å²) in [6.07, 6.45) is 4.75. The van der Waals surface area contributed by atoms with Gasteiger partial charge in [0.15, 0.2) is 11.6 Å². The Bertz CT molecular complexity index is 1500. The molecule has 0 aliphatic heterocycles. The normalized spacial score (nSPS) is 13.1. The molecule has 3 N–H and O–H groups in total. The van der Waals surface area contributed by atoms with Crippen molar-refractivity contribution in [1.29, 1.82) is 0 Å². The summed E-state index contributed by atoms with van der Waals surface area (Å²) in [6.45, 7) is 5.39. The Hall–Kier alpha value is -4.23. The van der Waals surface area contributed by atoms with Crippen molar-refractivity contribution >= 4 is 17.0 Å². The van der Waals surface area contributed by atoms with Crippen molar-refractivity contribution in [2.75, 3.05) is 0 Å². The lowest BCUT2D eigenvalue weighted by Gasteiger charge is -2.21. The molecule has 2 heterocycles. The summed E-state index contributed by atoms with van der Waals surface area (Å²) < 4.78 is 35.4. The van der Waals surface area contributed by atoms with Gasteiger partial charge in [-0.25, -0.2) is 13.8 Å². The summed E-state index contributed by atoms with van der Waals surface area (Å²) >= 11 is 0. The summed E-state index contributed by atoms with van der Waals surface area (Å²) in [5.74, 6) is -0.694. The lowest BCUT2D eigenvalue weighted by atomic mass is 9.93. The van der Waals surface area contributed by atoms with Gasteiger partial charge in [-0.3, -0.25) is 0 Å². The number of nitrogens with zero attached hydrogens (tertiary/aromatic N) is 1. The Labute approximate surface area is 194 Å². The molecule has 0 spiro atoms. The average molecular weight is 457 g/mol. The third-order valence-corrected chi connectivity index (χ3v) is 5.83. The Morgan fingerprint density at radius 2 is 1.82 bits per heavy atom. The number of hydrogen-bond acceptors (Lipinski definition) is 3. The largest absolute Gasteiger partial charge is 0.454 e. The van der Waals surface area contributed by atoms with Crippen LogP contribution >= 0.6 is 0 Å². The zero-order chi connectivity index (χ0) is 23.9. The number of imidazole rings is 1. The van der Waals surface area contributed by atoms with E-state index in [1.807, 2.05) is 18.2 Å². The van der Waals surface area contributed by atoms with Crippen LogP contribution in [0.1, 0.15) is 23.7 Å². The van der Waals surface area contributed by atoms with Crippen LogP contribution in [0.5, 0.6) is 11.5 Å². The van der Waals surface area contributed by atoms with Gasteiger partial charge in [0.1, 0.15) is 23.0 Å². The quantitative estimate of drug-likeness (QED) is 0.271. The van der Waals surface area contributed by atoms with E-state index in [-0.39, 0.29) is 22.9 Å². The number of aliphatic hydroxyl groups is 1. The number of halogens is 2. The van der Waals surface area contributed by atoms with E-state index < -0.39 is 17.2 Å². The lowest BCUT2D eigenvalue weighted by molar-refractivity contribution is 0.0979. The van der Waals surface area contributed by atoms with Gasteiger partial charge in [-0.15, -0.1) is 0 Å². The summed E-state index contributed by atoms with van der Waals surface area (Å²) in [4.78, 5) is 10.3. The maximum Gasteiger partial charge on any atom is 0.170 e. The fourth-order valence-corrected chi connectivity index (χ4v) is 3.97. The molecule has 3 aromatic carbocycles. The van der Waals surface area contributed by atoms with Crippen LogP contribution in [0.3, 0.4) is 0 Å². The molecule has 0 fully saturated rings. The van der Waals surface area contributed by atoms with Gasteiger partial charge in [-0.05, 0) is 36.8 Å². The highest BCUT2D eigenvalue weighted by Crippen LogP contribution is 2.37.